The number of hydrogen-bond donors (Lipinski definition) is 2. The van der Waals surface area contributed by atoms with Gasteiger partial charge >= 0.3 is 0 Å². The van der Waals surface area contributed by atoms with Crippen molar-refractivity contribution in [2.24, 2.45) is 0 Å². The molecule has 0 amide bonds. The first-order chi connectivity index (χ1) is 14.1. The summed E-state index contributed by atoms with van der Waals surface area (Å²) in [7, 11) is -7.30. The number of sulfone groups is 1. The number of benzene rings is 3. The van der Waals surface area contributed by atoms with Gasteiger partial charge in [0, 0.05) is 11.8 Å². The molecule has 0 saturated carbocycles. The molecule has 3 aromatic carbocycles. The molecule has 4 rings (SSSR count). The van der Waals surface area contributed by atoms with E-state index in [1.165, 1.54) is 24.3 Å². The van der Waals surface area contributed by atoms with Crippen molar-refractivity contribution in [3.8, 4) is 11.4 Å². The van der Waals surface area contributed by atoms with Gasteiger partial charge in [0.05, 0.1) is 31.5 Å². The molecule has 0 aliphatic heterocycles. The van der Waals surface area contributed by atoms with E-state index in [-0.39, 0.29) is 9.79 Å². The van der Waals surface area contributed by atoms with E-state index in [4.69, 9.17) is 11.6 Å². The molecule has 4 aromatic rings. The standard InChI is InChI=1S/C20H16ClN3O4S2/c1-29(25,26)14-7-9-15(10-8-14)30(27,28)24-13-6-11-18-19(12-13)23-20(22-18)16-4-2-3-5-17(16)21/h2-12,24H,1H3,(H,22,23). The van der Waals surface area contributed by atoms with Gasteiger partial charge in [-0.25, -0.2) is 21.8 Å². The van der Waals surface area contributed by atoms with Gasteiger partial charge in [-0.3, -0.25) is 4.72 Å². The Morgan fingerprint density at radius 1 is 0.900 bits per heavy atom. The molecule has 0 atom stereocenters. The van der Waals surface area contributed by atoms with Crippen molar-refractivity contribution in [3.63, 3.8) is 0 Å². The van der Waals surface area contributed by atoms with E-state index in [0.29, 0.717) is 27.6 Å². The van der Waals surface area contributed by atoms with Crippen molar-refractivity contribution in [1.29, 1.82) is 0 Å². The molecule has 0 saturated heterocycles. The molecule has 0 fully saturated rings. The minimum absolute atomic E-state index is 0.0450. The second-order valence-electron chi connectivity index (χ2n) is 6.65. The zero-order valence-electron chi connectivity index (χ0n) is 15.6. The molecule has 0 unspecified atom stereocenters. The van der Waals surface area contributed by atoms with Crippen molar-refractivity contribution in [3.05, 3.63) is 71.8 Å². The number of aromatic amines is 1. The molecule has 0 bridgehead atoms. The SMILES string of the molecule is CS(=O)(=O)c1ccc(S(=O)(=O)Nc2ccc3nc(-c4ccccc4Cl)[nH]c3c2)cc1. The number of hydrogen-bond acceptors (Lipinski definition) is 5. The molecule has 0 aliphatic rings. The third kappa shape index (κ3) is 4.04. The zero-order chi connectivity index (χ0) is 21.5. The van der Waals surface area contributed by atoms with Crippen molar-refractivity contribution in [2.45, 2.75) is 9.79 Å². The van der Waals surface area contributed by atoms with Gasteiger partial charge in [0.15, 0.2) is 9.84 Å². The van der Waals surface area contributed by atoms with Crippen LogP contribution >= 0.6 is 11.6 Å². The second-order valence-corrected chi connectivity index (χ2v) is 10.8. The van der Waals surface area contributed by atoms with Gasteiger partial charge in [-0.1, -0.05) is 23.7 Å². The predicted octanol–water partition coefficient (Wildman–Crippen LogP) is 4.09. The Hall–Kier alpha value is -2.88. The first kappa shape index (κ1) is 20.4. The number of aromatic nitrogens is 2. The van der Waals surface area contributed by atoms with Crippen molar-refractivity contribution in [2.75, 3.05) is 11.0 Å². The smallest absolute Gasteiger partial charge is 0.261 e. The van der Waals surface area contributed by atoms with Crippen LogP contribution in [0.4, 0.5) is 5.69 Å². The van der Waals surface area contributed by atoms with E-state index in [9.17, 15) is 16.8 Å². The number of fused-ring (bicyclic) bond motifs is 1. The summed E-state index contributed by atoms with van der Waals surface area (Å²) in [5, 5.41) is 0.551. The second kappa shape index (κ2) is 7.42. The minimum Gasteiger partial charge on any atom is -0.338 e. The largest absolute Gasteiger partial charge is 0.338 e. The summed E-state index contributed by atoms with van der Waals surface area (Å²) >= 11 is 6.22. The Kier molecular flexibility index (Phi) is 5.05. The first-order valence-electron chi connectivity index (χ1n) is 8.71. The lowest BCUT2D eigenvalue weighted by atomic mass is 10.2. The summed E-state index contributed by atoms with van der Waals surface area (Å²) < 4.78 is 50.9. The van der Waals surface area contributed by atoms with Crippen LogP contribution in [0.15, 0.2) is 76.5 Å². The van der Waals surface area contributed by atoms with Gasteiger partial charge in [0.1, 0.15) is 5.82 Å². The van der Waals surface area contributed by atoms with Gasteiger partial charge in [-0.05, 0) is 54.6 Å². The van der Waals surface area contributed by atoms with Crippen LogP contribution in [-0.2, 0) is 19.9 Å². The molecule has 154 valence electrons. The van der Waals surface area contributed by atoms with E-state index in [1.54, 1.807) is 24.3 Å². The van der Waals surface area contributed by atoms with Gasteiger partial charge in [-0.15, -0.1) is 0 Å². The lowest BCUT2D eigenvalue weighted by Gasteiger charge is -2.08. The quantitative estimate of drug-likeness (QED) is 0.465. The van der Waals surface area contributed by atoms with E-state index in [0.717, 1.165) is 11.8 Å². The number of rotatable bonds is 5. The van der Waals surface area contributed by atoms with Crippen LogP contribution in [-0.4, -0.2) is 33.1 Å². The maximum absolute atomic E-state index is 12.7. The highest BCUT2D eigenvalue weighted by atomic mass is 35.5. The third-order valence-corrected chi connectivity index (χ3v) is 7.28. The molecule has 0 aliphatic carbocycles. The fraction of sp³-hybridized carbons (Fsp3) is 0.0500. The van der Waals surface area contributed by atoms with Crippen molar-refractivity contribution < 1.29 is 16.8 Å². The van der Waals surface area contributed by atoms with Gasteiger partial charge in [0.25, 0.3) is 10.0 Å². The van der Waals surface area contributed by atoms with Gasteiger partial charge < -0.3 is 4.98 Å². The molecule has 2 N–H and O–H groups in total. The Balaban J connectivity index is 1.64. The van der Waals surface area contributed by atoms with Crippen LogP contribution in [0.2, 0.25) is 5.02 Å². The molecule has 1 aromatic heterocycles. The highest BCUT2D eigenvalue weighted by Gasteiger charge is 2.17. The molecule has 0 radical (unpaired) electrons. The summed E-state index contributed by atoms with van der Waals surface area (Å²) in [6.45, 7) is 0. The maximum Gasteiger partial charge on any atom is 0.261 e. The van der Waals surface area contributed by atoms with E-state index in [1.807, 2.05) is 18.2 Å². The molecule has 0 spiro atoms. The Labute approximate surface area is 178 Å². The molecule has 10 heteroatoms. The number of H-pyrrole nitrogens is 1. The molecule has 30 heavy (non-hydrogen) atoms. The number of anilines is 1. The molecule has 7 nitrogen and oxygen atoms in total. The fourth-order valence-corrected chi connectivity index (χ4v) is 4.84. The molecular weight excluding hydrogens is 446 g/mol. The molecule has 1 heterocycles. The van der Waals surface area contributed by atoms with Crippen LogP contribution in [0.5, 0.6) is 0 Å². The summed E-state index contributed by atoms with van der Waals surface area (Å²) in [4.78, 5) is 7.65. The highest BCUT2D eigenvalue weighted by Crippen LogP contribution is 2.28. The fourth-order valence-electron chi connectivity index (χ4n) is 2.93. The Morgan fingerprint density at radius 3 is 2.23 bits per heavy atom. The normalized spacial score (nSPS) is 12.2. The lowest BCUT2D eigenvalue weighted by Crippen LogP contribution is -2.13. The number of halogens is 1. The number of nitrogens with zero attached hydrogens (tertiary/aromatic N) is 1. The predicted molar refractivity (Wildman–Crippen MR) is 117 cm³/mol. The summed E-state index contributed by atoms with van der Waals surface area (Å²) in [6.07, 6.45) is 1.06. The van der Waals surface area contributed by atoms with E-state index < -0.39 is 19.9 Å². The lowest BCUT2D eigenvalue weighted by molar-refractivity contribution is 0.597. The monoisotopic (exact) mass is 461 g/mol. The number of sulfonamides is 1. The summed E-state index contributed by atoms with van der Waals surface area (Å²) in [5.41, 5.74) is 2.37. The topological polar surface area (TPSA) is 109 Å². The van der Waals surface area contributed by atoms with Crippen LogP contribution in [0.3, 0.4) is 0 Å². The number of nitrogens with one attached hydrogen (secondary N) is 2. The average Bonchev–Trinajstić information content (AvgIpc) is 3.10. The summed E-state index contributed by atoms with van der Waals surface area (Å²) in [6, 6.07) is 17.2. The average molecular weight is 462 g/mol. The van der Waals surface area contributed by atoms with Crippen LogP contribution in [0.1, 0.15) is 0 Å². The van der Waals surface area contributed by atoms with Crippen molar-refractivity contribution >= 4 is 48.2 Å². The van der Waals surface area contributed by atoms with Gasteiger partial charge in [0.2, 0.25) is 0 Å². The van der Waals surface area contributed by atoms with Gasteiger partial charge in [-0.2, -0.15) is 0 Å². The molecular formula is C20H16ClN3O4S2. The third-order valence-electron chi connectivity index (χ3n) is 4.43. The first-order valence-corrected chi connectivity index (χ1v) is 12.5. The van der Waals surface area contributed by atoms with Crippen LogP contribution in [0.25, 0.3) is 22.4 Å². The van der Waals surface area contributed by atoms with E-state index in [2.05, 4.69) is 14.7 Å². The van der Waals surface area contributed by atoms with Crippen molar-refractivity contribution in [1.82, 2.24) is 9.97 Å². The number of imidazole rings is 1. The van der Waals surface area contributed by atoms with E-state index >= 15 is 0 Å². The van der Waals surface area contributed by atoms with Crippen LogP contribution < -0.4 is 4.72 Å². The summed E-state index contributed by atoms with van der Waals surface area (Å²) in [5.74, 6) is 0.576. The minimum atomic E-state index is -3.90. The Bertz CT molecular complexity index is 1460. The van der Waals surface area contributed by atoms with Crippen LogP contribution in [0, 0.1) is 0 Å². The zero-order valence-corrected chi connectivity index (χ0v) is 18.0. The maximum atomic E-state index is 12.7. The Morgan fingerprint density at radius 2 is 1.57 bits per heavy atom. The highest BCUT2D eigenvalue weighted by molar-refractivity contribution is 7.92.